The van der Waals surface area contributed by atoms with Crippen molar-refractivity contribution in [1.29, 1.82) is 0 Å². The van der Waals surface area contributed by atoms with Gasteiger partial charge < -0.3 is 39.0 Å². The number of allylic oxidation sites excluding steroid dienone is 12. The highest BCUT2D eigenvalue weighted by Gasteiger charge is 2.50. The average molecular weight is 1110 g/mol. The van der Waals surface area contributed by atoms with Crippen LogP contribution < -0.4 is 0 Å². The zero-order valence-electron chi connectivity index (χ0n) is 50.1. The van der Waals surface area contributed by atoms with E-state index < -0.39 is 67.3 Å². The van der Waals surface area contributed by atoms with E-state index in [9.17, 15) is 34.5 Å². The van der Waals surface area contributed by atoms with Crippen molar-refractivity contribution in [3.05, 3.63) is 72.9 Å². The topological polar surface area (TPSA) is 175 Å². The molecule has 0 aromatic carbocycles. The Labute approximate surface area is 480 Å². The molecule has 1 aliphatic heterocycles. The SMILES string of the molecule is CC/C=C\C/C=C\C/C=C\C/C=C\CCCCC(=O)OCC(COC1OC(C(=O)O)C(O)C(O)C1OC(=O)CCCCCCCCCCC/C=C\CCCCCCCC)OC(=O)CCCCCCC/C=C\CCCCCCCC. The number of unbranched alkanes of at least 4 members (excludes halogenated alkanes) is 28. The van der Waals surface area contributed by atoms with Crippen molar-refractivity contribution in [3.8, 4) is 0 Å². The molecule has 79 heavy (non-hydrogen) atoms. The first-order chi connectivity index (χ1) is 38.6. The molecule has 1 rings (SSSR count). The number of carbonyl (C=O) groups excluding carboxylic acids is 3. The van der Waals surface area contributed by atoms with Crippen LogP contribution in [0.1, 0.15) is 278 Å². The van der Waals surface area contributed by atoms with Gasteiger partial charge in [-0.2, -0.15) is 0 Å². The van der Waals surface area contributed by atoms with Crippen molar-refractivity contribution in [2.24, 2.45) is 0 Å². The van der Waals surface area contributed by atoms with Gasteiger partial charge in [-0.3, -0.25) is 14.4 Å². The summed E-state index contributed by atoms with van der Waals surface area (Å²) in [5.74, 6) is -3.18. The molecule has 0 aliphatic carbocycles. The first-order valence-electron chi connectivity index (χ1n) is 31.9. The first kappa shape index (κ1) is 73.2. The van der Waals surface area contributed by atoms with E-state index in [1.807, 2.05) is 0 Å². The number of ether oxygens (including phenoxy) is 5. The molecule has 0 aromatic heterocycles. The van der Waals surface area contributed by atoms with Gasteiger partial charge in [-0.05, 0) is 109 Å². The van der Waals surface area contributed by atoms with Crippen molar-refractivity contribution >= 4 is 23.9 Å². The standard InChI is InChI=1S/C67H114O12/c1-4-7-10-13-16-19-22-25-28-29-30-31-34-37-40-43-46-49-52-55-61(70)78-65-63(72)62(71)64(66(73)74)79-67(65)76-57-58(77-60(69)54-51-48-45-42-39-36-33-27-24-21-18-15-12-9-6-3)56-75-59(68)53-50-47-44-41-38-35-32-26-23-20-17-14-11-8-5-2/h8,11,17,20,25-28,32-33,38,41,58,62-65,67,71-72H,4-7,9-10,12-16,18-19,21-24,29-31,34-37,39-40,42-57H2,1-3H3,(H,73,74)/b11-8-,20-17-,28-25-,32-26-,33-27-,41-38-. The molecular formula is C67H114O12. The minimum Gasteiger partial charge on any atom is -0.479 e. The maximum atomic E-state index is 13.2. The highest BCUT2D eigenvalue weighted by molar-refractivity contribution is 5.74. The van der Waals surface area contributed by atoms with Crippen LogP contribution in [0.4, 0.5) is 0 Å². The van der Waals surface area contributed by atoms with Crippen molar-refractivity contribution in [2.45, 2.75) is 314 Å². The number of aliphatic hydroxyl groups is 2. The lowest BCUT2D eigenvalue weighted by molar-refractivity contribution is -0.301. The van der Waals surface area contributed by atoms with E-state index in [1.165, 1.54) is 109 Å². The molecule has 0 aromatic rings. The molecule has 12 nitrogen and oxygen atoms in total. The number of carboxylic acid groups (broad SMARTS) is 1. The predicted octanol–water partition coefficient (Wildman–Crippen LogP) is 16.9. The Kier molecular flexibility index (Phi) is 50.7. The Bertz CT molecular complexity index is 1650. The fourth-order valence-corrected chi connectivity index (χ4v) is 9.35. The molecule has 6 atom stereocenters. The summed E-state index contributed by atoms with van der Waals surface area (Å²) in [4.78, 5) is 51.2. The largest absolute Gasteiger partial charge is 0.479 e. The number of esters is 3. The van der Waals surface area contributed by atoms with E-state index in [2.05, 4.69) is 93.7 Å². The number of aliphatic carboxylic acids is 1. The van der Waals surface area contributed by atoms with Crippen LogP contribution in [0.25, 0.3) is 0 Å². The Morgan fingerprint density at radius 1 is 0.430 bits per heavy atom. The number of aliphatic hydroxyl groups excluding tert-OH is 2. The van der Waals surface area contributed by atoms with Gasteiger partial charge in [0, 0.05) is 19.3 Å². The van der Waals surface area contributed by atoms with Gasteiger partial charge in [-0.25, -0.2) is 4.79 Å². The molecule has 0 bridgehead atoms. The van der Waals surface area contributed by atoms with E-state index in [-0.39, 0.29) is 25.9 Å². The molecule has 12 heteroatoms. The number of carboxylic acids is 1. The number of rotatable bonds is 54. The van der Waals surface area contributed by atoms with E-state index >= 15 is 0 Å². The zero-order chi connectivity index (χ0) is 57.5. The van der Waals surface area contributed by atoms with E-state index in [0.29, 0.717) is 19.3 Å². The van der Waals surface area contributed by atoms with Gasteiger partial charge in [0.1, 0.15) is 18.8 Å². The summed E-state index contributed by atoms with van der Waals surface area (Å²) in [6, 6.07) is 0. The van der Waals surface area contributed by atoms with Crippen LogP contribution in [-0.2, 0) is 42.9 Å². The normalized spacial score (nSPS) is 18.3. The molecule has 1 fully saturated rings. The van der Waals surface area contributed by atoms with Crippen molar-refractivity contribution < 1.29 is 58.2 Å². The summed E-state index contributed by atoms with van der Waals surface area (Å²) >= 11 is 0. The predicted molar refractivity (Wildman–Crippen MR) is 322 cm³/mol. The summed E-state index contributed by atoms with van der Waals surface area (Å²) in [6.45, 7) is 5.85. The monoisotopic (exact) mass is 1110 g/mol. The number of carbonyl (C=O) groups is 4. The van der Waals surface area contributed by atoms with Crippen LogP contribution >= 0.6 is 0 Å². The van der Waals surface area contributed by atoms with E-state index in [0.717, 1.165) is 109 Å². The van der Waals surface area contributed by atoms with Gasteiger partial charge in [0.2, 0.25) is 0 Å². The highest BCUT2D eigenvalue weighted by atomic mass is 16.7. The molecule has 1 heterocycles. The first-order valence-corrected chi connectivity index (χ1v) is 31.9. The van der Waals surface area contributed by atoms with Gasteiger partial charge in [0.05, 0.1) is 6.61 Å². The smallest absolute Gasteiger partial charge is 0.335 e. The summed E-state index contributed by atoms with van der Waals surface area (Å²) in [6.07, 6.45) is 57.2. The van der Waals surface area contributed by atoms with Crippen LogP contribution in [0.3, 0.4) is 0 Å². The molecule has 454 valence electrons. The van der Waals surface area contributed by atoms with Crippen molar-refractivity contribution in [2.75, 3.05) is 13.2 Å². The third-order valence-electron chi connectivity index (χ3n) is 14.2. The van der Waals surface area contributed by atoms with Gasteiger partial charge in [-0.1, -0.05) is 222 Å². The van der Waals surface area contributed by atoms with E-state index in [1.54, 1.807) is 0 Å². The Balaban J connectivity index is 2.68. The number of hydrogen-bond donors (Lipinski definition) is 3. The lowest BCUT2D eigenvalue weighted by Crippen LogP contribution is -2.61. The molecule has 0 radical (unpaired) electrons. The second kappa shape index (κ2) is 54.7. The van der Waals surface area contributed by atoms with Crippen molar-refractivity contribution in [3.63, 3.8) is 0 Å². The molecular weight excluding hydrogens is 997 g/mol. The average Bonchev–Trinajstić information content (AvgIpc) is 3.46. The Hall–Kier alpha value is -3.84. The van der Waals surface area contributed by atoms with Gasteiger partial charge in [-0.15, -0.1) is 0 Å². The van der Waals surface area contributed by atoms with Gasteiger partial charge >= 0.3 is 23.9 Å². The van der Waals surface area contributed by atoms with Gasteiger partial charge in [0.25, 0.3) is 0 Å². The van der Waals surface area contributed by atoms with Gasteiger partial charge in [0.15, 0.2) is 24.6 Å². The fourth-order valence-electron chi connectivity index (χ4n) is 9.35. The summed E-state index contributed by atoms with van der Waals surface area (Å²) in [5, 5.41) is 31.6. The van der Waals surface area contributed by atoms with E-state index in [4.69, 9.17) is 23.7 Å². The van der Waals surface area contributed by atoms with Crippen LogP contribution in [0.2, 0.25) is 0 Å². The molecule has 0 spiro atoms. The van der Waals surface area contributed by atoms with Crippen LogP contribution in [0.15, 0.2) is 72.9 Å². The third kappa shape index (κ3) is 44.5. The van der Waals surface area contributed by atoms with Crippen molar-refractivity contribution in [1.82, 2.24) is 0 Å². The maximum Gasteiger partial charge on any atom is 0.335 e. The molecule has 3 N–H and O–H groups in total. The third-order valence-corrected chi connectivity index (χ3v) is 14.2. The highest BCUT2D eigenvalue weighted by Crippen LogP contribution is 2.26. The second-order valence-corrected chi connectivity index (χ2v) is 21.7. The Morgan fingerprint density at radius 2 is 0.797 bits per heavy atom. The molecule has 1 saturated heterocycles. The second-order valence-electron chi connectivity index (χ2n) is 21.7. The lowest BCUT2D eigenvalue weighted by atomic mass is 9.98. The van der Waals surface area contributed by atoms with Crippen LogP contribution in [-0.4, -0.2) is 89.2 Å². The summed E-state index contributed by atoms with van der Waals surface area (Å²) < 4.78 is 28.5. The zero-order valence-corrected chi connectivity index (χ0v) is 50.1. The minimum absolute atomic E-state index is 0.0523. The summed E-state index contributed by atoms with van der Waals surface area (Å²) in [5.41, 5.74) is 0. The Morgan fingerprint density at radius 3 is 1.25 bits per heavy atom. The molecule has 1 aliphatic rings. The fraction of sp³-hybridized carbons (Fsp3) is 0.761. The minimum atomic E-state index is -1.91. The molecule has 0 amide bonds. The molecule has 6 unspecified atom stereocenters. The quantitative estimate of drug-likeness (QED) is 0.0228. The number of hydrogen-bond acceptors (Lipinski definition) is 11. The van der Waals surface area contributed by atoms with Crippen LogP contribution in [0, 0.1) is 0 Å². The summed E-state index contributed by atoms with van der Waals surface area (Å²) in [7, 11) is 0. The molecule has 0 saturated carbocycles. The maximum absolute atomic E-state index is 13.2. The van der Waals surface area contributed by atoms with Crippen LogP contribution in [0.5, 0.6) is 0 Å². The lowest BCUT2D eigenvalue weighted by Gasteiger charge is -2.40.